The summed E-state index contributed by atoms with van der Waals surface area (Å²) >= 11 is 0. The summed E-state index contributed by atoms with van der Waals surface area (Å²) in [6, 6.07) is 37.0. The minimum Gasteiger partial charge on any atom is -0.488 e. The molecule has 3 nitrogen and oxygen atoms in total. The average molecular weight is 486 g/mol. The zero-order chi connectivity index (χ0) is 25.5. The largest absolute Gasteiger partial charge is 0.488 e. The molecule has 4 aromatic carbocycles. The lowest BCUT2D eigenvalue weighted by Gasteiger charge is -2.20. The van der Waals surface area contributed by atoms with Crippen molar-refractivity contribution in [3.63, 3.8) is 0 Å². The SMILES string of the molecule is CC(C)c1c(OCc2ccccc2)cc(C=Cc2ccc3ccccc3n2)cc1OCc1ccccc1. The van der Waals surface area contributed by atoms with Crippen LogP contribution in [0, 0.1) is 0 Å². The van der Waals surface area contributed by atoms with Crippen molar-refractivity contribution >= 4 is 23.1 Å². The van der Waals surface area contributed by atoms with Gasteiger partial charge in [-0.3, -0.25) is 0 Å². The number of aromatic nitrogens is 1. The third-order valence-electron chi connectivity index (χ3n) is 6.24. The van der Waals surface area contributed by atoms with E-state index in [1.54, 1.807) is 0 Å². The summed E-state index contributed by atoms with van der Waals surface area (Å²) in [7, 11) is 0. The molecule has 0 spiro atoms. The zero-order valence-electron chi connectivity index (χ0n) is 21.3. The third-order valence-corrected chi connectivity index (χ3v) is 6.24. The van der Waals surface area contributed by atoms with Crippen LogP contribution < -0.4 is 9.47 Å². The Labute approximate surface area is 219 Å². The maximum absolute atomic E-state index is 6.40. The molecule has 0 aliphatic heterocycles. The maximum atomic E-state index is 6.40. The predicted octanol–water partition coefficient (Wildman–Crippen LogP) is 8.69. The van der Waals surface area contributed by atoms with Gasteiger partial charge in [0, 0.05) is 10.9 Å². The molecule has 0 radical (unpaired) electrons. The molecule has 0 amide bonds. The van der Waals surface area contributed by atoms with E-state index in [4.69, 9.17) is 14.5 Å². The molecule has 37 heavy (non-hydrogen) atoms. The summed E-state index contributed by atoms with van der Waals surface area (Å²) in [5, 5.41) is 1.13. The molecule has 3 heteroatoms. The Hall–Kier alpha value is -4.37. The second-order valence-corrected chi connectivity index (χ2v) is 9.40. The molecular formula is C34H31NO2. The summed E-state index contributed by atoms with van der Waals surface area (Å²) in [5.74, 6) is 1.92. The van der Waals surface area contributed by atoms with Crippen LogP contribution in [0.1, 0.15) is 47.7 Å². The Morgan fingerprint density at radius 2 is 1.22 bits per heavy atom. The number of pyridine rings is 1. The second-order valence-electron chi connectivity index (χ2n) is 9.40. The first kappa shape index (κ1) is 24.3. The smallest absolute Gasteiger partial charge is 0.127 e. The summed E-state index contributed by atoms with van der Waals surface area (Å²) in [4.78, 5) is 4.78. The Morgan fingerprint density at radius 1 is 0.649 bits per heavy atom. The fourth-order valence-corrected chi connectivity index (χ4v) is 4.35. The topological polar surface area (TPSA) is 31.4 Å². The minimum atomic E-state index is 0.233. The van der Waals surface area contributed by atoms with Crippen LogP contribution in [0.3, 0.4) is 0 Å². The van der Waals surface area contributed by atoms with Crippen LogP contribution in [0.25, 0.3) is 23.1 Å². The molecule has 1 aromatic heterocycles. The molecule has 0 saturated carbocycles. The number of nitrogens with zero attached hydrogens (tertiary/aromatic N) is 1. The van der Waals surface area contributed by atoms with E-state index in [0.29, 0.717) is 13.2 Å². The number of ether oxygens (including phenoxy) is 2. The zero-order valence-corrected chi connectivity index (χ0v) is 21.3. The van der Waals surface area contributed by atoms with Gasteiger partial charge in [0.15, 0.2) is 0 Å². The first-order valence-corrected chi connectivity index (χ1v) is 12.7. The normalized spacial score (nSPS) is 11.3. The lowest BCUT2D eigenvalue weighted by molar-refractivity contribution is 0.282. The third kappa shape index (κ3) is 6.25. The highest BCUT2D eigenvalue weighted by Gasteiger charge is 2.17. The molecule has 0 atom stereocenters. The van der Waals surface area contributed by atoms with Gasteiger partial charge in [0.1, 0.15) is 24.7 Å². The Morgan fingerprint density at radius 3 is 1.81 bits per heavy atom. The highest BCUT2D eigenvalue weighted by Crippen LogP contribution is 2.38. The molecule has 5 aromatic rings. The highest BCUT2D eigenvalue weighted by molar-refractivity contribution is 5.81. The molecule has 0 aliphatic carbocycles. The van der Waals surface area contributed by atoms with E-state index in [9.17, 15) is 0 Å². The van der Waals surface area contributed by atoms with Gasteiger partial charge in [0.2, 0.25) is 0 Å². The van der Waals surface area contributed by atoms with Gasteiger partial charge in [0.25, 0.3) is 0 Å². The average Bonchev–Trinajstić information content (AvgIpc) is 2.94. The second kappa shape index (κ2) is 11.6. The van der Waals surface area contributed by atoms with Crippen LogP contribution in [-0.4, -0.2) is 4.98 Å². The fraction of sp³-hybridized carbons (Fsp3) is 0.147. The van der Waals surface area contributed by atoms with Crippen LogP contribution in [-0.2, 0) is 13.2 Å². The van der Waals surface area contributed by atoms with Gasteiger partial charge in [-0.1, -0.05) is 105 Å². The van der Waals surface area contributed by atoms with Crippen LogP contribution in [0.2, 0.25) is 0 Å². The van der Waals surface area contributed by atoms with Crippen molar-refractivity contribution in [3.8, 4) is 11.5 Å². The van der Waals surface area contributed by atoms with Crippen molar-refractivity contribution in [2.75, 3.05) is 0 Å². The van der Waals surface area contributed by atoms with Gasteiger partial charge in [0.05, 0.1) is 11.2 Å². The van der Waals surface area contributed by atoms with Gasteiger partial charge in [-0.25, -0.2) is 4.98 Å². The summed E-state index contributed by atoms with van der Waals surface area (Å²) in [6.45, 7) is 5.35. The lowest BCUT2D eigenvalue weighted by atomic mass is 9.98. The van der Waals surface area contributed by atoms with Gasteiger partial charge < -0.3 is 9.47 Å². The first-order chi connectivity index (χ1) is 18.2. The summed E-state index contributed by atoms with van der Waals surface area (Å²) < 4.78 is 12.8. The quantitative estimate of drug-likeness (QED) is 0.209. The summed E-state index contributed by atoms with van der Waals surface area (Å²) in [5.41, 5.74) is 6.23. The van der Waals surface area contributed by atoms with Gasteiger partial charge in [-0.05, 0) is 52.9 Å². The molecule has 0 N–H and O–H groups in total. The molecule has 0 saturated heterocycles. The van der Waals surface area contributed by atoms with E-state index in [-0.39, 0.29) is 5.92 Å². The molecular weight excluding hydrogens is 454 g/mol. The fourth-order valence-electron chi connectivity index (χ4n) is 4.35. The number of para-hydroxylation sites is 1. The van der Waals surface area contributed by atoms with Gasteiger partial charge >= 0.3 is 0 Å². The lowest BCUT2D eigenvalue weighted by Crippen LogP contribution is -2.05. The van der Waals surface area contributed by atoms with Crippen LogP contribution in [0.5, 0.6) is 11.5 Å². The number of benzene rings is 4. The maximum Gasteiger partial charge on any atom is 0.127 e. The van der Waals surface area contributed by atoms with Crippen molar-refractivity contribution in [1.29, 1.82) is 0 Å². The molecule has 0 fully saturated rings. The summed E-state index contributed by atoms with van der Waals surface area (Å²) in [6.07, 6.45) is 4.12. The molecule has 1 heterocycles. The van der Waals surface area contributed by atoms with Crippen molar-refractivity contribution in [2.45, 2.75) is 33.0 Å². The van der Waals surface area contributed by atoms with E-state index in [1.165, 1.54) is 0 Å². The minimum absolute atomic E-state index is 0.233. The predicted molar refractivity (Wildman–Crippen MR) is 153 cm³/mol. The van der Waals surface area contributed by atoms with Crippen LogP contribution >= 0.6 is 0 Å². The van der Waals surface area contributed by atoms with Crippen molar-refractivity contribution in [1.82, 2.24) is 4.98 Å². The number of rotatable bonds is 9. The highest BCUT2D eigenvalue weighted by atomic mass is 16.5. The Balaban J connectivity index is 1.48. The molecule has 0 unspecified atom stereocenters. The van der Waals surface area contributed by atoms with Gasteiger partial charge in [-0.15, -0.1) is 0 Å². The number of hydrogen-bond donors (Lipinski definition) is 0. The van der Waals surface area contributed by atoms with Crippen LogP contribution in [0.4, 0.5) is 0 Å². The Bertz CT molecular complexity index is 1430. The standard InChI is InChI=1S/C34H31NO2/c1-25(2)34-32(36-23-26-11-5-3-6-12-26)21-28(22-33(34)37-24-27-13-7-4-8-14-27)17-19-30-20-18-29-15-9-10-16-31(29)35-30/h3-22,25H,23-24H2,1-2H3. The van der Waals surface area contributed by atoms with Crippen molar-refractivity contribution in [3.05, 3.63) is 137 Å². The van der Waals surface area contributed by atoms with Crippen LogP contribution in [0.15, 0.2) is 109 Å². The van der Waals surface area contributed by atoms with E-state index < -0.39 is 0 Å². The molecule has 184 valence electrons. The first-order valence-electron chi connectivity index (χ1n) is 12.7. The van der Waals surface area contributed by atoms with Crippen molar-refractivity contribution < 1.29 is 9.47 Å². The molecule has 5 rings (SSSR count). The monoisotopic (exact) mass is 485 g/mol. The molecule has 0 aliphatic rings. The van der Waals surface area contributed by atoms with Gasteiger partial charge in [-0.2, -0.15) is 0 Å². The Kier molecular flexibility index (Phi) is 7.61. The van der Waals surface area contributed by atoms with Crippen molar-refractivity contribution in [2.24, 2.45) is 0 Å². The molecule has 0 bridgehead atoms. The number of hydrogen-bond acceptors (Lipinski definition) is 3. The van der Waals surface area contributed by atoms with E-state index in [2.05, 4.69) is 68.5 Å². The van der Waals surface area contributed by atoms with E-state index in [1.807, 2.05) is 66.7 Å². The van der Waals surface area contributed by atoms with E-state index in [0.717, 1.165) is 50.3 Å². The van der Waals surface area contributed by atoms with E-state index >= 15 is 0 Å². The number of fused-ring (bicyclic) bond motifs is 1.